The quantitative estimate of drug-likeness (QED) is 0.746. The molecule has 2 N–H and O–H groups in total. The maximum atomic E-state index is 5.79. The Morgan fingerprint density at radius 1 is 1.08 bits per heavy atom. The van der Waals surface area contributed by atoms with Gasteiger partial charge in [0.25, 0.3) is 0 Å². The van der Waals surface area contributed by atoms with E-state index in [1.807, 2.05) is 18.3 Å². The monoisotopic (exact) mass is 335 g/mol. The number of rotatable bonds is 6. The Balaban J connectivity index is 1.82. The number of hydrogen-bond donors (Lipinski definition) is 1. The van der Waals surface area contributed by atoms with Crippen molar-refractivity contribution in [3.05, 3.63) is 66.2 Å². The van der Waals surface area contributed by atoms with Crippen LogP contribution in [0.2, 0.25) is 0 Å². The minimum Gasteiger partial charge on any atom is -0.496 e. The second kappa shape index (κ2) is 7.72. The molecule has 0 radical (unpaired) electrons. The van der Waals surface area contributed by atoms with Crippen LogP contribution in [0.4, 0.5) is 5.82 Å². The molecule has 128 valence electrons. The number of nitrogens with two attached hydrogens (primary N) is 1. The molecular weight excluding hydrogens is 314 g/mol. The molecule has 3 aromatic rings. The molecule has 0 spiro atoms. The van der Waals surface area contributed by atoms with E-state index < -0.39 is 0 Å². The molecule has 3 rings (SSSR count). The normalized spacial score (nSPS) is 10.8. The van der Waals surface area contributed by atoms with Crippen molar-refractivity contribution < 1.29 is 4.74 Å². The number of benzene rings is 1. The minimum atomic E-state index is 0.436. The highest BCUT2D eigenvalue weighted by molar-refractivity contribution is 5.69. The molecule has 2 heterocycles. The van der Waals surface area contributed by atoms with Gasteiger partial charge in [0.15, 0.2) is 0 Å². The largest absolute Gasteiger partial charge is 0.496 e. The molecule has 0 saturated heterocycles. The molecular formula is C19H21N5O. The zero-order valence-electron chi connectivity index (χ0n) is 14.4. The fraction of sp³-hybridized carbons (Fsp3) is 0.211. The molecule has 0 aliphatic heterocycles. The van der Waals surface area contributed by atoms with E-state index in [1.165, 1.54) is 17.5 Å². The van der Waals surface area contributed by atoms with E-state index in [1.54, 1.807) is 19.4 Å². The molecule has 0 unspecified atom stereocenters. The Morgan fingerprint density at radius 2 is 1.92 bits per heavy atom. The lowest BCUT2D eigenvalue weighted by atomic mass is 10.1. The zero-order chi connectivity index (χ0) is 17.6. The van der Waals surface area contributed by atoms with Gasteiger partial charge in [0, 0.05) is 37.1 Å². The van der Waals surface area contributed by atoms with E-state index in [9.17, 15) is 0 Å². The Morgan fingerprint density at radius 3 is 2.64 bits per heavy atom. The van der Waals surface area contributed by atoms with Crippen LogP contribution in [-0.4, -0.2) is 34.0 Å². The molecule has 0 bridgehead atoms. The summed E-state index contributed by atoms with van der Waals surface area (Å²) in [4.78, 5) is 14.7. The number of hydrogen-bond acceptors (Lipinski definition) is 6. The third kappa shape index (κ3) is 4.30. The van der Waals surface area contributed by atoms with Crippen LogP contribution >= 0.6 is 0 Å². The topological polar surface area (TPSA) is 77.2 Å². The maximum absolute atomic E-state index is 5.79. The molecule has 0 aliphatic carbocycles. The number of anilines is 1. The van der Waals surface area contributed by atoms with Crippen LogP contribution in [0.15, 0.2) is 55.1 Å². The van der Waals surface area contributed by atoms with Crippen LogP contribution < -0.4 is 10.5 Å². The van der Waals surface area contributed by atoms with E-state index in [0.717, 1.165) is 30.1 Å². The summed E-state index contributed by atoms with van der Waals surface area (Å²) in [7, 11) is 3.73. The fourth-order valence-corrected chi connectivity index (χ4v) is 2.74. The van der Waals surface area contributed by atoms with Crippen molar-refractivity contribution in [3.8, 4) is 17.0 Å². The average Bonchev–Trinajstić information content (AvgIpc) is 2.62. The van der Waals surface area contributed by atoms with Gasteiger partial charge in [-0.15, -0.1) is 0 Å². The summed E-state index contributed by atoms with van der Waals surface area (Å²) < 4.78 is 5.47. The van der Waals surface area contributed by atoms with Crippen LogP contribution in [0, 0.1) is 0 Å². The number of nitrogens with zero attached hydrogens (tertiary/aromatic N) is 4. The van der Waals surface area contributed by atoms with E-state index in [4.69, 9.17) is 10.5 Å². The summed E-state index contributed by atoms with van der Waals surface area (Å²) >= 11 is 0. The van der Waals surface area contributed by atoms with Gasteiger partial charge in [0.05, 0.1) is 12.8 Å². The van der Waals surface area contributed by atoms with Gasteiger partial charge < -0.3 is 10.5 Å². The van der Waals surface area contributed by atoms with Crippen molar-refractivity contribution in [2.45, 2.75) is 13.1 Å². The highest BCUT2D eigenvalue weighted by Gasteiger charge is 2.11. The van der Waals surface area contributed by atoms with Crippen molar-refractivity contribution in [1.82, 2.24) is 19.9 Å². The van der Waals surface area contributed by atoms with Gasteiger partial charge in [-0.1, -0.05) is 12.1 Å². The van der Waals surface area contributed by atoms with Crippen LogP contribution in [-0.2, 0) is 13.1 Å². The first-order valence-corrected chi connectivity index (χ1v) is 7.98. The lowest BCUT2D eigenvalue weighted by molar-refractivity contribution is 0.318. The van der Waals surface area contributed by atoms with E-state index in [0.29, 0.717) is 5.82 Å². The van der Waals surface area contributed by atoms with Crippen LogP contribution in [0.25, 0.3) is 11.3 Å². The SMILES string of the molecule is COc1ccc(CN(C)Cc2cccnc2)cc1-c1cc(N)ncn1. The van der Waals surface area contributed by atoms with Crippen LogP contribution in [0.5, 0.6) is 5.75 Å². The van der Waals surface area contributed by atoms with Crippen LogP contribution in [0.3, 0.4) is 0 Å². The number of ether oxygens (including phenoxy) is 1. The minimum absolute atomic E-state index is 0.436. The highest BCUT2D eigenvalue weighted by atomic mass is 16.5. The third-order valence-electron chi connectivity index (χ3n) is 3.86. The Hall–Kier alpha value is -2.99. The third-order valence-corrected chi connectivity index (χ3v) is 3.86. The van der Waals surface area contributed by atoms with Crippen LogP contribution in [0.1, 0.15) is 11.1 Å². The number of nitrogen functional groups attached to an aromatic ring is 1. The first-order valence-electron chi connectivity index (χ1n) is 7.98. The lowest BCUT2D eigenvalue weighted by Crippen LogP contribution is -2.17. The molecule has 6 heteroatoms. The molecule has 0 amide bonds. The van der Waals surface area contributed by atoms with Crippen molar-refractivity contribution in [2.75, 3.05) is 19.9 Å². The molecule has 2 aromatic heterocycles. The lowest BCUT2D eigenvalue weighted by Gasteiger charge is -2.18. The van der Waals surface area contributed by atoms with Crippen molar-refractivity contribution >= 4 is 5.82 Å². The van der Waals surface area contributed by atoms with Gasteiger partial charge in [-0.05, 0) is 36.4 Å². The second-order valence-electron chi connectivity index (χ2n) is 5.90. The van der Waals surface area contributed by atoms with Gasteiger partial charge in [-0.2, -0.15) is 0 Å². The number of aromatic nitrogens is 3. The smallest absolute Gasteiger partial charge is 0.128 e. The Bertz CT molecular complexity index is 838. The van der Waals surface area contributed by atoms with Gasteiger partial charge in [0.2, 0.25) is 0 Å². The van der Waals surface area contributed by atoms with Gasteiger partial charge in [0.1, 0.15) is 17.9 Å². The molecule has 0 fully saturated rings. The van der Waals surface area contributed by atoms with Crippen molar-refractivity contribution in [1.29, 1.82) is 0 Å². The number of pyridine rings is 1. The van der Waals surface area contributed by atoms with E-state index in [-0.39, 0.29) is 0 Å². The predicted molar refractivity (Wildman–Crippen MR) is 97.8 cm³/mol. The summed E-state index contributed by atoms with van der Waals surface area (Å²) in [5.74, 6) is 1.20. The van der Waals surface area contributed by atoms with E-state index in [2.05, 4.69) is 45.1 Å². The van der Waals surface area contributed by atoms with Crippen molar-refractivity contribution in [2.24, 2.45) is 0 Å². The molecule has 1 aromatic carbocycles. The van der Waals surface area contributed by atoms with Gasteiger partial charge >= 0.3 is 0 Å². The first kappa shape index (κ1) is 16.9. The maximum Gasteiger partial charge on any atom is 0.128 e. The summed E-state index contributed by atoms with van der Waals surface area (Å²) in [5.41, 5.74) is 9.79. The van der Waals surface area contributed by atoms with Gasteiger partial charge in [-0.25, -0.2) is 9.97 Å². The summed E-state index contributed by atoms with van der Waals surface area (Å²) in [6.07, 6.45) is 5.14. The van der Waals surface area contributed by atoms with E-state index >= 15 is 0 Å². The summed E-state index contributed by atoms with van der Waals surface area (Å²) in [5, 5.41) is 0. The standard InChI is InChI=1S/C19H21N5O/c1-24(12-15-4-3-7-21-10-15)11-14-5-6-18(25-2)16(8-14)17-9-19(20)23-13-22-17/h3-10,13H,11-12H2,1-2H3,(H2,20,22,23). The summed E-state index contributed by atoms with van der Waals surface area (Å²) in [6, 6.07) is 11.9. The molecule has 0 saturated carbocycles. The average molecular weight is 335 g/mol. The molecule has 0 atom stereocenters. The fourth-order valence-electron chi connectivity index (χ4n) is 2.74. The summed E-state index contributed by atoms with van der Waals surface area (Å²) in [6.45, 7) is 1.63. The second-order valence-corrected chi connectivity index (χ2v) is 5.90. The highest BCUT2D eigenvalue weighted by Crippen LogP contribution is 2.30. The Kier molecular flexibility index (Phi) is 5.20. The predicted octanol–water partition coefficient (Wildman–Crippen LogP) is 2.76. The Labute approximate surface area is 147 Å². The first-order chi connectivity index (χ1) is 12.2. The molecule has 25 heavy (non-hydrogen) atoms. The zero-order valence-corrected chi connectivity index (χ0v) is 14.4. The van der Waals surface area contributed by atoms with Crippen molar-refractivity contribution in [3.63, 3.8) is 0 Å². The molecule has 6 nitrogen and oxygen atoms in total. The van der Waals surface area contributed by atoms with Gasteiger partial charge in [-0.3, -0.25) is 9.88 Å². The number of methoxy groups -OCH3 is 1. The molecule has 0 aliphatic rings.